The van der Waals surface area contributed by atoms with Crippen LogP contribution in [0, 0.1) is 5.92 Å². The van der Waals surface area contributed by atoms with Gasteiger partial charge in [0.05, 0.1) is 6.10 Å². The number of hydrogen-bond acceptors (Lipinski definition) is 1. The summed E-state index contributed by atoms with van der Waals surface area (Å²) in [4.78, 5) is 0. The van der Waals surface area contributed by atoms with E-state index in [-0.39, 0.29) is 0 Å². The van der Waals surface area contributed by atoms with Crippen LogP contribution in [-0.2, 0) is 4.74 Å². The second-order valence-electron chi connectivity index (χ2n) is 2.81. The van der Waals surface area contributed by atoms with Crippen LogP contribution in [-0.4, -0.2) is 12.7 Å². The fourth-order valence-electron chi connectivity index (χ4n) is 1.22. The van der Waals surface area contributed by atoms with Gasteiger partial charge in [-0.05, 0) is 25.7 Å². The summed E-state index contributed by atoms with van der Waals surface area (Å²) in [6.07, 6.45) is 3.02. The van der Waals surface area contributed by atoms with Crippen LogP contribution in [0.2, 0.25) is 0 Å². The van der Waals surface area contributed by atoms with Gasteiger partial charge in [0.15, 0.2) is 0 Å². The van der Waals surface area contributed by atoms with E-state index in [4.69, 9.17) is 4.74 Å². The van der Waals surface area contributed by atoms with Gasteiger partial charge in [-0.25, -0.2) is 0 Å². The van der Waals surface area contributed by atoms with Crippen molar-refractivity contribution in [3.63, 3.8) is 0 Å². The number of hydrogen-bond donors (Lipinski definition) is 0. The molecule has 1 rings (SSSR count). The molecule has 1 fully saturated rings. The maximum absolute atomic E-state index is 5.35. The molecule has 0 aromatic heterocycles. The molecule has 0 amide bonds. The minimum absolute atomic E-state index is 0.513. The van der Waals surface area contributed by atoms with Crippen LogP contribution < -0.4 is 0 Å². The zero-order valence-electron chi connectivity index (χ0n) is 7.68. The first-order valence-electron chi connectivity index (χ1n) is 4.40. The molecule has 2 unspecified atom stereocenters. The van der Waals surface area contributed by atoms with Crippen LogP contribution in [0.3, 0.4) is 0 Å². The minimum atomic E-state index is 0.513. The van der Waals surface area contributed by atoms with E-state index in [1.165, 1.54) is 12.8 Å². The average molecular weight is 144 g/mol. The predicted octanol–water partition coefficient (Wildman–Crippen LogP) is 2.85. The third kappa shape index (κ3) is 3.89. The van der Waals surface area contributed by atoms with Crippen LogP contribution in [0.25, 0.3) is 0 Å². The molecule has 62 valence electrons. The number of ether oxygens (including phenoxy) is 1. The lowest BCUT2D eigenvalue weighted by Crippen LogP contribution is -2.20. The topological polar surface area (TPSA) is 9.23 Å². The summed E-state index contributed by atoms with van der Waals surface area (Å²) in [5.74, 6) is 0.888. The first-order valence-corrected chi connectivity index (χ1v) is 4.40. The van der Waals surface area contributed by atoms with E-state index in [1.807, 2.05) is 13.8 Å². The highest BCUT2D eigenvalue weighted by molar-refractivity contribution is 4.63. The second-order valence-corrected chi connectivity index (χ2v) is 2.81. The standard InChI is InChI=1S/C7H14O.C2H6/c1-6-3-4-8-7(2)5-6;1-2/h6-7H,3-5H2,1-2H3;1-2H3. The SMILES string of the molecule is CC.CC1CCOC(C)C1. The Labute approximate surface area is 64.8 Å². The summed E-state index contributed by atoms with van der Waals surface area (Å²) in [6.45, 7) is 9.41. The fraction of sp³-hybridized carbons (Fsp3) is 1.00. The van der Waals surface area contributed by atoms with Gasteiger partial charge in [-0.2, -0.15) is 0 Å². The summed E-state index contributed by atoms with van der Waals surface area (Å²) in [7, 11) is 0. The van der Waals surface area contributed by atoms with Crippen LogP contribution in [0.15, 0.2) is 0 Å². The Hall–Kier alpha value is -0.0400. The van der Waals surface area contributed by atoms with Gasteiger partial charge in [0.2, 0.25) is 0 Å². The van der Waals surface area contributed by atoms with E-state index < -0.39 is 0 Å². The summed E-state index contributed by atoms with van der Waals surface area (Å²) in [6, 6.07) is 0. The van der Waals surface area contributed by atoms with Crippen LogP contribution >= 0.6 is 0 Å². The molecule has 2 atom stereocenters. The van der Waals surface area contributed by atoms with Crippen LogP contribution in [0.5, 0.6) is 0 Å². The average Bonchev–Trinajstić information content (AvgIpc) is 1.91. The lowest BCUT2D eigenvalue weighted by Gasteiger charge is -2.23. The van der Waals surface area contributed by atoms with Crippen molar-refractivity contribution in [2.75, 3.05) is 6.61 Å². The van der Waals surface area contributed by atoms with Crippen LogP contribution in [0.1, 0.15) is 40.5 Å². The highest BCUT2D eigenvalue weighted by atomic mass is 16.5. The first-order chi connectivity index (χ1) is 4.79. The Morgan fingerprint density at radius 3 is 2.10 bits per heavy atom. The fourth-order valence-corrected chi connectivity index (χ4v) is 1.22. The molecule has 0 bridgehead atoms. The Balaban J connectivity index is 0.000000371. The van der Waals surface area contributed by atoms with Crippen molar-refractivity contribution in [2.45, 2.75) is 46.6 Å². The van der Waals surface area contributed by atoms with E-state index in [1.54, 1.807) is 0 Å². The molecular formula is C9H20O. The second kappa shape index (κ2) is 5.72. The molecule has 1 aliphatic rings. The molecule has 0 aromatic carbocycles. The summed E-state index contributed by atoms with van der Waals surface area (Å²) < 4.78 is 5.35. The lowest BCUT2D eigenvalue weighted by molar-refractivity contribution is 0.00682. The molecule has 1 nitrogen and oxygen atoms in total. The molecule has 0 aromatic rings. The smallest absolute Gasteiger partial charge is 0.0549 e. The molecule has 1 heteroatoms. The third-order valence-electron chi connectivity index (χ3n) is 1.75. The molecule has 0 N–H and O–H groups in total. The zero-order chi connectivity index (χ0) is 7.98. The van der Waals surface area contributed by atoms with E-state index >= 15 is 0 Å². The molecule has 1 aliphatic heterocycles. The summed E-state index contributed by atoms with van der Waals surface area (Å²) in [5.41, 5.74) is 0. The maximum atomic E-state index is 5.35. The normalized spacial score (nSPS) is 32.4. The van der Waals surface area contributed by atoms with E-state index in [0.717, 1.165) is 12.5 Å². The van der Waals surface area contributed by atoms with Gasteiger partial charge < -0.3 is 4.74 Å². The van der Waals surface area contributed by atoms with Gasteiger partial charge in [-0.15, -0.1) is 0 Å². The summed E-state index contributed by atoms with van der Waals surface area (Å²) in [5, 5.41) is 0. The Morgan fingerprint density at radius 2 is 1.80 bits per heavy atom. The van der Waals surface area contributed by atoms with E-state index in [9.17, 15) is 0 Å². The van der Waals surface area contributed by atoms with Crippen molar-refractivity contribution in [1.82, 2.24) is 0 Å². The van der Waals surface area contributed by atoms with E-state index in [0.29, 0.717) is 6.10 Å². The lowest BCUT2D eigenvalue weighted by atomic mass is 9.99. The maximum Gasteiger partial charge on any atom is 0.0549 e. The minimum Gasteiger partial charge on any atom is -0.378 e. The Bertz CT molecular complexity index is 63.1. The van der Waals surface area contributed by atoms with Gasteiger partial charge >= 0.3 is 0 Å². The predicted molar refractivity (Wildman–Crippen MR) is 45.2 cm³/mol. The van der Waals surface area contributed by atoms with Gasteiger partial charge in [0.25, 0.3) is 0 Å². The van der Waals surface area contributed by atoms with Gasteiger partial charge in [0.1, 0.15) is 0 Å². The van der Waals surface area contributed by atoms with Crippen molar-refractivity contribution < 1.29 is 4.74 Å². The van der Waals surface area contributed by atoms with Crippen molar-refractivity contribution in [2.24, 2.45) is 5.92 Å². The number of rotatable bonds is 0. The zero-order valence-corrected chi connectivity index (χ0v) is 7.68. The van der Waals surface area contributed by atoms with Crippen molar-refractivity contribution >= 4 is 0 Å². The first kappa shape index (κ1) is 9.96. The molecule has 1 heterocycles. The third-order valence-corrected chi connectivity index (χ3v) is 1.75. The van der Waals surface area contributed by atoms with Gasteiger partial charge in [-0.1, -0.05) is 20.8 Å². The monoisotopic (exact) mass is 144 g/mol. The Morgan fingerprint density at radius 1 is 1.20 bits per heavy atom. The Kier molecular flexibility index (Phi) is 5.70. The largest absolute Gasteiger partial charge is 0.378 e. The highest BCUT2D eigenvalue weighted by Crippen LogP contribution is 2.18. The van der Waals surface area contributed by atoms with Crippen molar-refractivity contribution in [1.29, 1.82) is 0 Å². The van der Waals surface area contributed by atoms with E-state index in [2.05, 4.69) is 13.8 Å². The summed E-state index contributed by atoms with van der Waals surface area (Å²) >= 11 is 0. The van der Waals surface area contributed by atoms with Crippen molar-refractivity contribution in [3.8, 4) is 0 Å². The quantitative estimate of drug-likeness (QED) is 0.508. The molecule has 10 heavy (non-hydrogen) atoms. The highest BCUT2D eigenvalue weighted by Gasteiger charge is 2.13. The van der Waals surface area contributed by atoms with Crippen LogP contribution in [0.4, 0.5) is 0 Å². The van der Waals surface area contributed by atoms with Gasteiger partial charge in [0, 0.05) is 6.61 Å². The van der Waals surface area contributed by atoms with Gasteiger partial charge in [-0.3, -0.25) is 0 Å². The molecule has 0 spiro atoms. The molecular weight excluding hydrogens is 124 g/mol. The molecule has 0 radical (unpaired) electrons. The molecule has 0 aliphatic carbocycles. The molecule has 1 saturated heterocycles. The van der Waals surface area contributed by atoms with Crippen molar-refractivity contribution in [3.05, 3.63) is 0 Å². The molecule has 0 saturated carbocycles.